The van der Waals surface area contributed by atoms with Crippen LogP contribution in [-0.2, 0) is 6.42 Å². The third-order valence-electron chi connectivity index (χ3n) is 3.91. The van der Waals surface area contributed by atoms with Crippen molar-refractivity contribution in [2.75, 3.05) is 6.54 Å². The fourth-order valence-electron chi connectivity index (χ4n) is 2.59. The van der Waals surface area contributed by atoms with Gasteiger partial charge in [0, 0.05) is 11.6 Å². The second-order valence-corrected chi connectivity index (χ2v) is 6.32. The first kappa shape index (κ1) is 14.9. The number of hydrogen-bond acceptors (Lipinski definition) is 1. The highest BCUT2D eigenvalue weighted by Crippen LogP contribution is 2.42. The number of benzene rings is 1. The Labute approximate surface area is 121 Å². The lowest BCUT2D eigenvalue weighted by molar-refractivity contribution is 0.426. The summed E-state index contributed by atoms with van der Waals surface area (Å²) in [5, 5.41) is 3.44. The largest absolute Gasteiger partial charge is 0.313 e. The molecule has 1 fully saturated rings. The second kappa shape index (κ2) is 6.31. The molecule has 1 N–H and O–H groups in total. The molecule has 1 aromatic carbocycles. The van der Waals surface area contributed by atoms with Crippen LogP contribution in [0.25, 0.3) is 0 Å². The molecule has 0 aromatic heterocycles. The lowest BCUT2D eigenvalue weighted by Gasteiger charge is -2.19. The van der Waals surface area contributed by atoms with Gasteiger partial charge < -0.3 is 5.32 Å². The van der Waals surface area contributed by atoms with Crippen LogP contribution >= 0.6 is 15.9 Å². The first-order chi connectivity index (χ1) is 9.04. The first-order valence-corrected chi connectivity index (χ1v) is 7.69. The van der Waals surface area contributed by atoms with Gasteiger partial charge in [0.25, 0.3) is 0 Å². The summed E-state index contributed by atoms with van der Waals surface area (Å²) < 4.78 is 28.2. The van der Waals surface area contributed by atoms with Crippen LogP contribution in [0.15, 0.2) is 16.6 Å². The van der Waals surface area contributed by atoms with Gasteiger partial charge >= 0.3 is 0 Å². The molecule has 0 bridgehead atoms. The molecule has 1 aliphatic rings. The SMILES string of the molecule is CCCNC(Cc1c(F)ccc(Br)c1F)C1CC1C. The van der Waals surface area contributed by atoms with Crippen molar-refractivity contribution in [3.8, 4) is 0 Å². The Morgan fingerprint density at radius 1 is 1.42 bits per heavy atom. The maximum absolute atomic E-state index is 14.0. The fraction of sp³-hybridized carbons (Fsp3) is 0.600. The van der Waals surface area contributed by atoms with Crippen molar-refractivity contribution in [3.63, 3.8) is 0 Å². The number of halogens is 3. The maximum atomic E-state index is 14.0. The van der Waals surface area contributed by atoms with Gasteiger partial charge in [0.15, 0.2) is 0 Å². The Morgan fingerprint density at radius 3 is 2.68 bits per heavy atom. The zero-order valence-corrected chi connectivity index (χ0v) is 12.9. The summed E-state index contributed by atoms with van der Waals surface area (Å²) in [6, 6.07) is 2.92. The predicted molar refractivity (Wildman–Crippen MR) is 77.1 cm³/mol. The summed E-state index contributed by atoms with van der Waals surface area (Å²) >= 11 is 3.13. The summed E-state index contributed by atoms with van der Waals surface area (Å²) in [4.78, 5) is 0. The quantitative estimate of drug-likeness (QED) is 0.766. The van der Waals surface area contributed by atoms with Gasteiger partial charge in [0.05, 0.1) is 4.47 Å². The fourth-order valence-corrected chi connectivity index (χ4v) is 2.96. The first-order valence-electron chi connectivity index (χ1n) is 6.90. The lowest BCUT2D eigenvalue weighted by Crippen LogP contribution is -2.34. The number of rotatable bonds is 6. The van der Waals surface area contributed by atoms with Crippen LogP contribution in [-0.4, -0.2) is 12.6 Å². The van der Waals surface area contributed by atoms with E-state index in [2.05, 4.69) is 35.1 Å². The van der Waals surface area contributed by atoms with Gasteiger partial charge in [-0.3, -0.25) is 0 Å². The zero-order valence-electron chi connectivity index (χ0n) is 11.3. The Bertz CT molecular complexity index is 450. The van der Waals surface area contributed by atoms with E-state index in [1.807, 2.05) is 0 Å². The smallest absolute Gasteiger partial charge is 0.143 e. The molecule has 2 rings (SSSR count). The van der Waals surface area contributed by atoms with Crippen LogP contribution in [0.3, 0.4) is 0 Å². The van der Waals surface area contributed by atoms with Crippen LogP contribution in [0.4, 0.5) is 8.78 Å². The molecule has 0 saturated heterocycles. The highest BCUT2D eigenvalue weighted by molar-refractivity contribution is 9.10. The molecule has 0 spiro atoms. The topological polar surface area (TPSA) is 12.0 Å². The molecule has 1 aromatic rings. The summed E-state index contributed by atoms with van der Waals surface area (Å²) in [7, 11) is 0. The summed E-state index contributed by atoms with van der Waals surface area (Å²) in [6.07, 6.45) is 2.60. The number of nitrogens with one attached hydrogen (secondary N) is 1. The number of hydrogen-bond donors (Lipinski definition) is 1. The zero-order chi connectivity index (χ0) is 14.0. The molecule has 0 radical (unpaired) electrons. The Balaban J connectivity index is 2.14. The van der Waals surface area contributed by atoms with Crippen molar-refractivity contribution in [2.45, 2.75) is 39.2 Å². The molecule has 4 heteroatoms. The maximum Gasteiger partial charge on any atom is 0.143 e. The minimum absolute atomic E-state index is 0.174. The summed E-state index contributed by atoms with van der Waals surface area (Å²) in [5.74, 6) is 0.297. The van der Waals surface area contributed by atoms with Crippen molar-refractivity contribution in [1.29, 1.82) is 0 Å². The molecule has 19 heavy (non-hydrogen) atoms. The average molecular weight is 332 g/mol. The van der Waals surface area contributed by atoms with Gasteiger partial charge in [-0.2, -0.15) is 0 Å². The van der Waals surface area contributed by atoms with Crippen molar-refractivity contribution < 1.29 is 8.78 Å². The van der Waals surface area contributed by atoms with Crippen LogP contribution in [0.2, 0.25) is 0 Å². The van der Waals surface area contributed by atoms with E-state index in [9.17, 15) is 8.78 Å². The van der Waals surface area contributed by atoms with E-state index < -0.39 is 11.6 Å². The van der Waals surface area contributed by atoms with Crippen LogP contribution in [0.5, 0.6) is 0 Å². The van der Waals surface area contributed by atoms with E-state index in [1.165, 1.54) is 12.1 Å². The Hall–Kier alpha value is -0.480. The van der Waals surface area contributed by atoms with E-state index in [0.717, 1.165) is 19.4 Å². The molecule has 0 amide bonds. The predicted octanol–water partition coefficient (Wildman–Crippen LogP) is 4.29. The van der Waals surface area contributed by atoms with Gasteiger partial charge in [-0.1, -0.05) is 13.8 Å². The van der Waals surface area contributed by atoms with E-state index >= 15 is 0 Å². The van der Waals surface area contributed by atoms with E-state index in [4.69, 9.17) is 0 Å². The van der Waals surface area contributed by atoms with Crippen LogP contribution in [0, 0.1) is 23.5 Å². The van der Waals surface area contributed by atoms with E-state index in [0.29, 0.717) is 22.7 Å². The molecule has 1 saturated carbocycles. The minimum Gasteiger partial charge on any atom is -0.313 e. The molecule has 1 nitrogen and oxygen atoms in total. The summed E-state index contributed by atoms with van der Waals surface area (Å²) in [5.41, 5.74) is 0.196. The van der Waals surface area contributed by atoms with Crippen LogP contribution in [0.1, 0.15) is 32.3 Å². The van der Waals surface area contributed by atoms with Gasteiger partial charge in [0.1, 0.15) is 11.6 Å². The Kier molecular flexibility index (Phi) is 4.96. The molecule has 0 heterocycles. The highest BCUT2D eigenvalue weighted by Gasteiger charge is 2.39. The van der Waals surface area contributed by atoms with Crippen molar-refractivity contribution in [3.05, 3.63) is 33.8 Å². The average Bonchev–Trinajstić information content (AvgIpc) is 3.10. The van der Waals surface area contributed by atoms with Gasteiger partial charge in [0.2, 0.25) is 0 Å². The summed E-state index contributed by atoms with van der Waals surface area (Å²) in [6.45, 7) is 5.19. The lowest BCUT2D eigenvalue weighted by atomic mass is 10.00. The third-order valence-corrected chi connectivity index (χ3v) is 4.52. The molecule has 106 valence electrons. The third kappa shape index (κ3) is 3.54. The van der Waals surface area contributed by atoms with Gasteiger partial charge in [-0.05, 0) is 65.7 Å². The second-order valence-electron chi connectivity index (χ2n) is 5.46. The Morgan fingerprint density at radius 2 is 2.11 bits per heavy atom. The van der Waals surface area contributed by atoms with Gasteiger partial charge in [-0.15, -0.1) is 0 Å². The van der Waals surface area contributed by atoms with E-state index in [-0.39, 0.29) is 11.6 Å². The molecular weight excluding hydrogens is 312 g/mol. The van der Waals surface area contributed by atoms with Gasteiger partial charge in [-0.25, -0.2) is 8.78 Å². The monoisotopic (exact) mass is 331 g/mol. The van der Waals surface area contributed by atoms with Crippen molar-refractivity contribution >= 4 is 15.9 Å². The highest BCUT2D eigenvalue weighted by atomic mass is 79.9. The van der Waals surface area contributed by atoms with E-state index in [1.54, 1.807) is 0 Å². The normalized spacial score (nSPS) is 23.4. The molecule has 0 aliphatic heterocycles. The van der Waals surface area contributed by atoms with Crippen molar-refractivity contribution in [1.82, 2.24) is 5.32 Å². The molecular formula is C15H20BrF2N. The van der Waals surface area contributed by atoms with Crippen molar-refractivity contribution in [2.24, 2.45) is 11.8 Å². The van der Waals surface area contributed by atoms with Crippen LogP contribution < -0.4 is 5.32 Å². The minimum atomic E-state index is -0.461. The molecule has 1 aliphatic carbocycles. The molecule has 3 unspecified atom stereocenters. The standard InChI is InChI=1S/C15H20BrF2N/c1-3-6-19-14(10-7-9(10)2)8-11-13(17)5-4-12(16)15(11)18/h4-5,9-10,14,19H,3,6-8H2,1-2H3. The molecule has 3 atom stereocenters.